The highest BCUT2D eigenvalue weighted by Gasteiger charge is 2.18. The van der Waals surface area contributed by atoms with E-state index in [0.717, 1.165) is 10.5 Å². The second-order valence-corrected chi connectivity index (χ2v) is 5.71. The number of carbonyl (C=O) groups excluding carboxylic acids is 1. The van der Waals surface area contributed by atoms with Gasteiger partial charge in [0.15, 0.2) is 0 Å². The zero-order valence-corrected chi connectivity index (χ0v) is 13.1. The van der Waals surface area contributed by atoms with Crippen LogP contribution in [0.3, 0.4) is 0 Å². The summed E-state index contributed by atoms with van der Waals surface area (Å²) < 4.78 is 14.9. The number of aromatic hydroxyl groups is 1. The van der Waals surface area contributed by atoms with Gasteiger partial charge in [0, 0.05) is 8.95 Å². The first kappa shape index (κ1) is 14.8. The SMILES string of the molecule is Nc1cc(Br)cc(Br)c1NC(=O)c1c(O)cccc1F. The third-order valence-electron chi connectivity index (χ3n) is 2.54. The summed E-state index contributed by atoms with van der Waals surface area (Å²) in [6.07, 6.45) is 0. The number of anilines is 2. The quantitative estimate of drug-likeness (QED) is 0.666. The van der Waals surface area contributed by atoms with Gasteiger partial charge < -0.3 is 16.2 Å². The van der Waals surface area contributed by atoms with Gasteiger partial charge in [-0.05, 0) is 40.2 Å². The molecule has 0 aromatic heterocycles. The highest BCUT2D eigenvalue weighted by molar-refractivity contribution is 9.11. The number of benzene rings is 2. The van der Waals surface area contributed by atoms with Crippen molar-refractivity contribution in [3.05, 3.63) is 50.7 Å². The van der Waals surface area contributed by atoms with Crippen molar-refractivity contribution in [2.45, 2.75) is 0 Å². The van der Waals surface area contributed by atoms with Gasteiger partial charge in [-0.3, -0.25) is 4.79 Å². The number of nitrogens with two attached hydrogens (primary N) is 1. The summed E-state index contributed by atoms with van der Waals surface area (Å²) in [6, 6.07) is 6.92. The molecule has 104 valence electrons. The first-order valence-corrected chi connectivity index (χ1v) is 7.02. The van der Waals surface area contributed by atoms with E-state index in [-0.39, 0.29) is 0 Å². The van der Waals surface area contributed by atoms with Crippen molar-refractivity contribution >= 4 is 49.1 Å². The summed E-state index contributed by atoms with van der Waals surface area (Å²) in [4.78, 5) is 12.0. The van der Waals surface area contributed by atoms with Crippen LogP contribution in [0.25, 0.3) is 0 Å². The molecule has 0 aliphatic rings. The lowest BCUT2D eigenvalue weighted by molar-refractivity contribution is 0.102. The number of hydrogen-bond acceptors (Lipinski definition) is 3. The predicted molar refractivity (Wildman–Crippen MR) is 82.3 cm³/mol. The lowest BCUT2D eigenvalue weighted by atomic mass is 10.1. The molecule has 1 amide bonds. The molecule has 0 heterocycles. The molecule has 0 saturated carbocycles. The monoisotopic (exact) mass is 402 g/mol. The summed E-state index contributed by atoms with van der Waals surface area (Å²) in [5, 5.41) is 12.0. The average Bonchev–Trinajstić information content (AvgIpc) is 2.33. The minimum atomic E-state index is -0.811. The van der Waals surface area contributed by atoms with Crippen LogP contribution in [0.2, 0.25) is 0 Å². The van der Waals surface area contributed by atoms with E-state index >= 15 is 0 Å². The van der Waals surface area contributed by atoms with Crippen LogP contribution in [0.4, 0.5) is 15.8 Å². The van der Waals surface area contributed by atoms with Crippen molar-refractivity contribution in [3.63, 3.8) is 0 Å². The molecule has 4 N–H and O–H groups in total. The topological polar surface area (TPSA) is 75.3 Å². The Hall–Kier alpha value is -1.60. The Bertz CT molecular complexity index is 649. The van der Waals surface area contributed by atoms with Gasteiger partial charge in [0.05, 0.1) is 11.4 Å². The smallest absolute Gasteiger partial charge is 0.262 e. The first-order chi connectivity index (χ1) is 9.40. The van der Waals surface area contributed by atoms with Crippen molar-refractivity contribution in [2.24, 2.45) is 0 Å². The number of phenolic OH excluding ortho intramolecular Hbond substituents is 1. The van der Waals surface area contributed by atoms with Crippen molar-refractivity contribution in [1.29, 1.82) is 0 Å². The van der Waals surface area contributed by atoms with Crippen LogP contribution in [0.1, 0.15) is 10.4 Å². The van der Waals surface area contributed by atoms with E-state index in [4.69, 9.17) is 5.73 Å². The van der Waals surface area contributed by atoms with Gasteiger partial charge in [0.25, 0.3) is 5.91 Å². The molecule has 0 spiro atoms. The van der Waals surface area contributed by atoms with E-state index in [0.29, 0.717) is 15.8 Å². The number of hydrogen-bond donors (Lipinski definition) is 3. The molecular formula is C13H9Br2FN2O2. The Labute approximate surface area is 131 Å². The predicted octanol–water partition coefficient (Wildman–Crippen LogP) is 3.89. The number of phenols is 1. The fraction of sp³-hybridized carbons (Fsp3) is 0. The number of carbonyl (C=O) groups is 1. The van der Waals surface area contributed by atoms with Gasteiger partial charge in [-0.25, -0.2) is 4.39 Å². The summed E-state index contributed by atoms with van der Waals surface area (Å²) >= 11 is 6.51. The third kappa shape index (κ3) is 2.94. The van der Waals surface area contributed by atoms with Crippen molar-refractivity contribution in [2.75, 3.05) is 11.1 Å². The fourth-order valence-electron chi connectivity index (χ4n) is 1.64. The number of halogens is 3. The van der Waals surface area contributed by atoms with Gasteiger partial charge in [0.1, 0.15) is 17.1 Å². The van der Waals surface area contributed by atoms with Crippen LogP contribution in [0, 0.1) is 5.82 Å². The van der Waals surface area contributed by atoms with Crippen molar-refractivity contribution in [1.82, 2.24) is 0 Å². The molecule has 7 heteroatoms. The maximum atomic E-state index is 13.6. The van der Waals surface area contributed by atoms with Crippen molar-refractivity contribution in [3.8, 4) is 5.75 Å². The molecule has 0 aliphatic carbocycles. The minimum absolute atomic E-state index is 0.301. The Kier molecular flexibility index (Phi) is 4.29. The molecule has 0 bridgehead atoms. The maximum Gasteiger partial charge on any atom is 0.262 e. The number of rotatable bonds is 2. The Balaban J connectivity index is 2.38. The van der Waals surface area contributed by atoms with Gasteiger partial charge in [-0.2, -0.15) is 0 Å². The number of nitrogens with one attached hydrogen (secondary N) is 1. The zero-order valence-electron chi connectivity index (χ0n) is 9.95. The fourth-order valence-corrected chi connectivity index (χ4v) is 3.00. The highest BCUT2D eigenvalue weighted by Crippen LogP contribution is 2.33. The largest absolute Gasteiger partial charge is 0.507 e. The number of nitrogen functional groups attached to an aromatic ring is 1. The summed E-state index contributed by atoms with van der Waals surface area (Å²) in [7, 11) is 0. The molecule has 0 unspecified atom stereocenters. The molecule has 2 aromatic carbocycles. The van der Waals surface area contributed by atoms with Crippen LogP contribution < -0.4 is 11.1 Å². The van der Waals surface area contributed by atoms with Gasteiger partial charge >= 0.3 is 0 Å². The number of amides is 1. The van der Waals surface area contributed by atoms with E-state index in [1.165, 1.54) is 12.1 Å². The Morgan fingerprint density at radius 2 is 2.00 bits per heavy atom. The van der Waals surface area contributed by atoms with Crippen LogP contribution in [-0.4, -0.2) is 11.0 Å². The first-order valence-electron chi connectivity index (χ1n) is 5.43. The standard InChI is InChI=1S/C13H9Br2FN2O2/c14-6-4-7(15)12(9(17)5-6)18-13(20)11-8(16)2-1-3-10(11)19/h1-5,19H,17H2,(H,18,20). The minimum Gasteiger partial charge on any atom is -0.507 e. The normalized spacial score (nSPS) is 10.3. The lowest BCUT2D eigenvalue weighted by Gasteiger charge is -2.12. The van der Waals surface area contributed by atoms with Crippen LogP contribution in [-0.2, 0) is 0 Å². The zero-order chi connectivity index (χ0) is 14.9. The Morgan fingerprint density at radius 3 is 2.60 bits per heavy atom. The maximum absolute atomic E-state index is 13.6. The lowest BCUT2D eigenvalue weighted by Crippen LogP contribution is -2.15. The third-order valence-corrected chi connectivity index (χ3v) is 3.63. The van der Waals surface area contributed by atoms with Crippen molar-refractivity contribution < 1.29 is 14.3 Å². The summed E-state index contributed by atoms with van der Waals surface area (Å²) in [6.45, 7) is 0. The summed E-state index contributed by atoms with van der Waals surface area (Å²) in [5.74, 6) is -2.03. The molecule has 4 nitrogen and oxygen atoms in total. The second kappa shape index (κ2) is 5.80. The average molecular weight is 404 g/mol. The molecule has 0 radical (unpaired) electrons. The highest BCUT2D eigenvalue weighted by atomic mass is 79.9. The molecule has 2 rings (SSSR count). The molecule has 0 aliphatic heterocycles. The van der Waals surface area contributed by atoms with E-state index < -0.39 is 23.0 Å². The molecule has 2 aromatic rings. The van der Waals surface area contributed by atoms with E-state index in [1.54, 1.807) is 12.1 Å². The van der Waals surface area contributed by atoms with Crippen LogP contribution in [0.5, 0.6) is 5.75 Å². The van der Waals surface area contributed by atoms with E-state index in [9.17, 15) is 14.3 Å². The van der Waals surface area contributed by atoms with E-state index in [2.05, 4.69) is 37.2 Å². The van der Waals surface area contributed by atoms with Crippen LogP contribution in [0.15, 0.2) is 39.3 Å². The van der Waals surface area contributed by atoms with Gasteiger partial charge in [-0.1, -0.05) is 22.0 Å². The molecule has 0 fully saturated rings. The van der Waals surface area contributed by atoms with Gasteiger partial charge in [-0.15, -0.1) is 0 Å². The molecular weight excluding hydrogens is 395 g/mol. The van der Waals surface area contributed by atoms with Gasteiger partial charge in [0.2, 0.25) is 0 Å². The Morgan fingerprint density at radius 1 is 1.30 bits per heavy atom. The molecule has 0 saturated heterocycles. The van der Waals surface area contributed by atoms with Crippen LogP contribution >= 0.6 is 31.9 Å². The molecule has 20 heavy (non-hydrogen) atoms. The molecule has 0 atom stereocenters. The second-order valence-electron chi connectivity index (χ2n) is 3.94. The van der Waals surface area contributed by atoms with E-state index in [1.807, 2.05) is 0 Å². The summed E-state index contributed by atoms with van der Waals surface area (Å²) in [5.41, 5.74) is 5.97.